The second-order valence-corrected chi connectivity index (χ2v) is 10.3. The number of hydrogen-bond donors (Lipinski definition) is 2. The topological polar surface area (TPSA) is 83.6 Å². The van der Waals surface area contributed by atoms with Gasteiger partial charge in [0, 0.05) is 42.1 Å². The number of piperidine rings is 1. The van der Waals surface area contributed by atoms with Gasteiger partial charge in [0.15, 0.2) is 0 Å². The van der Waals surface area contributed by atoms with Crippen LogP contribution in [0.5, 0.6) is 0 Å². The number of aromatic nitrogens is 1. The molecule has 0 atom stereocenters. The number of anilines is 2. The number of amides is 2. The number of ether oxygens (including phenoxy) is 1. The minimum atomic E-state index is -0.361. The third-order valence-electron chi connectivity index (χ3n) is 7.32. The molecule has 3 aromatic rings. The maximum Gasteiger partial charge on any atom is 0.257 e. The first-order chi connectivity index (χ1) is 18.3. The van der Waals surface area contributed by atoms with Crippen molar-refractivity contribution in [2.24, 2.45) is 0 Å². The van der Waals surface area contributed by atoms with E-state index in [1.807, 2.05) is 49.9 Å². The molecule has 0 radical (unpaired) electrons. The smallest absolute Gasteiger partial charge is 0.257 e. The monoisotopic (exact) mass is 508 g/mol. The Bertz CT molecular complexity index is 1410. The van der Waals surface area contributed by atoms with E-state index in [0.29, 0.717) is 42.3 Å². The molecule has 1 spiro atoms. The molecule has 2 amide bonds. The summed E-state index contributed by atoms with van der Waals surface area (Å²) >= 11 is 0. The molecular weight excluding hydrogens is 476 g/mol. The van der Waals surface area contributed by atoms with Crippen molar-refractivity contribution in [3.63, 3.8) is 0 Å². The van der Waals surface area contributed by atoms with E-state index in [0.717, 1.165) is 29.5 Å². The zero-order valence-corrected chi connectivity index (χ0v) is 22.0. The molecule has 38 heavy (non-hydrogen) atoms. The third kappa shape index (κ3) is 5.00. The van der Waals surface area contributed by atoms with Crippen LogP contribution < -0.4 is 10.6 Å². The Morgan fingerprint density at radius 2 is 1.84 bits per heavy atom. The Balaban J connectivity index is 1.25. The van der Waals surface area contributed by atoms with Crippen LogP contribution in [0.3, 0.4) is 0 Å². The maximum atomic E-state index is 13.4. The lowest BCUT2D eigenvalue weighted by Gasteiger charge is -2.39. The standard InChI is InChI=1S/C31H32N4O3/c1-5-22-7-10-26-25(16-22)19-38-31(26)12-14-35(15-13-31)30(37)23-8-6-21(4)27(17-23)34-29(36)24-9-11-28(32-18-24)33-20(2)3/h1,6-11,16-18,20H,12-15,19H2,2-4H3,(H,32,33)(H,34,36). The van der Waals surface area contributed by atoms with Crippen molar-refractivity contribution in [2.45, 2.75) is 51.9 Å². The molecule has 0 aliphatic carbocycles. The molecule has 0 bridgehead atoms. The van der Waals surface area contributed by atoms with Crippen LogP contribution in [-0.4, -0.2) is 40.8 Å². The summed E-state index contributed by atoms with van der Waals surface area (Å²) in [5, 5.41) is 6.15. The Labute approximate surface area is 223 Å². The second-order valence-electron chi connectivity index (χ2n) is 10.3. The fourth-order valence-electron chi connectivity index (χ4n) is 5.20. The van der Waals surface area contributed by atoms with Gasteiger partial charge in [-0.05, 0) is 86.7 Å². The molecule has 7 heteroatoms. The van der Waals surface area contributed by atoms with Gasteiger partial charge in [0.2, 0.25) is 0 Å². The molecule has 1 saturated heterocycles. The van der Waals surface area contributed by atoms with Crippen LogP contribution in [0.25, 0.3) is 0 Å². The Kier molecular flexibility index (Phi) is 6.92. The number of likely N-dealkylation sites (tertiary alicyclic amines) is 1. The largest absolute Gasteiger partial charge is 0.368 e. The number of nitrogens with one attached hydrogen (secondary N) is 2. The first kappa shape index (κ1) is 25.5. The average molecular weight is 509 g/mol. The molecule has 1 fully saturated rings. The Morgan fingerprint density at radius 3 is 2.53 bits per heavy atom. The van der Waals surface area contributed by atoms with E-state index >= 15 is 0 Å². The van der Waals surface area contributed by atoms with Crippen molar-refractivity contribution in [2.75, 3.05) is 23.7 Å². The first-order valence-corrected chi connectivity index (χ1v) is 13.0. The lowest BCUT2D eigenvalue weighted by Crippen LogP contribution is -2.45. The zero-order chi connectivity index (χ0) is 26.9. The summed E-state index contributed by atoms with van der Waals surface area (Å²) in [5.41, 5.74) is 5.30. The summed E-state index contributed by atoms with van der Waals surface area (Å²) in [6.45, 7) is 7.69. The van der Waals surface area contributed by atoms with Gasteiger partial charge in [-0.3, -0.25) is 9.59 Å². The van der Waals surface area contributed by atoms with E-state index in [9.17, 15) is 9.59 Å². The quantitative estimate of drug-likeness (QED) is 0.468. The summed E-state index contributed by atoms with van der Waals surface area (Å²) in [6.07, 6.45) is 8.55. The molecule has 2 aliphatic rings. The van der Waals surface area contributed by atoms with Gasteiger partial charge in [0.25, 0.3) is 11.8 Å². The molecule has 2 aliphatic heterocycles. The van der Waals surface area contributed by atoms with Gasteiger partial charge in [0.05, 0.1) is 17.8 Å². The van der Waals surface area contributed by atoms with Crippen LogP contribution >= 0.6 is 0 Å². The van der Waals surface area contributed by atoms with Crippen molar-refractivity contribution in [1.82, 2.24) is 9.88 Å². The van der Waals surface area contributed by atoms with Gasteiger partial charge in [0.1, 0.15) is 5.82 Å². The predicted octanol–water partition coefficient (Wildman–Crippen LogP) is 5.11. The Morgan fingerprint density at radius 1 is 1.08 bits per heavy atom. The fourth-order valence-corrected chi connectivity index (χ4v) is 5.20. The molecule has 2 N–H and O–H groups in total. The molecule has 3 heterocycles. The maximum absolute atomic E-state index is 13.4. The highest BCUT2D eigenvalue weighted by Crippen LogP contribution is 2.44. The number of benzene rings is 2. The summed E-state index contributed by atoms with van der Waals surface area (Å²) in [4.78, 5) is 32.5. The van der Waals surface area contributed by atoms with Crippen molar-refractivity contribution in [1.29, 1.82) is 0 Å². The van der Waals surface area contributed by atoms with Crippen LogP contribution in [-0.2, 0) is 16.9 Å². The molecule has 0 saturated carbocycles. The number of terminal acetylenes is 1. The van der Waals surface area contributed by atoms with Crippen LogP contribution in [0.15, 0.2) is 54.7 Å². The molecule has 5 rings (SSSR count). The number of fused-ring (bicyclic) bond motifs is 2. The SMILES string of the molecule is C#Cc1ccc2c(c1)COC21CCN(C(=O)c2ccc(C)c(NC(=O)c3ccc(NC(C)C)nc3)c2)CC1. The van der Waals surface area contributed by atoms with E-state index in [2.05, 4.69) is 27.6 Å². The molecule has 2 aromatic carbocycles. The van der Waals surface area contributed by atoms with E-state index in [1.165, 1.54) is 5.56 Å². The van der Waals surface area contributed by atoms with E-state index in [4.69, 9.17) is 11.2 Å². The molecule has 1 aromatic heterocycles. The van der Waals surface area contributed by atoms with E-state index in [1.54, 1.807) is 24.4 Å². The average Bonchev–Trinajstić information content (AvgIpc) is 3.27. The molecule has 7 nitrogen and oxygen atoms in total. The predicted molar refractivity (Wildman–Crippen MR) is 148 cm³/mol. The van der Waals surface area contributed by atoms with Gasteiger partial charge in [-0.25, -0.2) is 4.98 Å². The van der Waals surface area contributed by atoms with Crippen molar-refractivity contribution < 1.29 is 14.3 Å². The summed E-state index contributed by atoms with van der Waals surface area (Å²) in [7, 11) is 0. The number of rotatable bonds is 5. The van der Waals surface area contributed by atoms with Crippen molar-refractivity contribution in [3.05, 3.63) is 88.1 Å². The summed E-state index contributed by atoms with van der Waals surface area (Å²) < 4.78 is 6.27. The number of carbonyl (C=O) groups is 2. The minimum Gasteiger partial charge on any atom is -0.368 e. The van der Waals surface area contributed by atoms with Crippen LogP contribution in [0.4, 0.5) is 11.5 Å². The van der Waals surface area contributed by atoms with Gasteiger partial charge < -0.3 is 20.3 Å². The normalized spacial score (nSPS) is 15.7. The van der Waals surface area contributed by atoms with Crippen molar-refractivity contribution >= 4 is 23.3 Å². The molecular formula is C31H32N4O3. The second kappa shape index (κ2) is 10.3. The van der Waals surface area contributed by atoms with Crippen LogP contribution in [0, 0.1) is 19.3 Å². The minimum absolute atomic E-state index is 0.0537. The number of aryl methyl sites for hydroxylation is 1. The van der Waals surface area contributed by atoms with Crippen LogP contribution in [0.1, 0.15) is 69.7 Å². The van der Waals surface area contributed by atoms with E-state index < -0.39 is 0 Å². The summed E-state index contributed by atoms with van der Waals surface area (Å²) in [6, 6.07) is 15.3. The highest BCUT2D eigenvalue weighted by atomic mass is 16.5. The number of nitrogens with zero attached hydrogens (tertiary/aromatic N) is 2. The number of pyridine rings is 1. The van der Waals surface area contributed by atoms with Gasteiger partial charge >= 0.3 is 0 Å². The number of hydrogen-bond acceptors (Lipinski definition) is 5. The zero-order valence-electron chi connectivity index (χ0n) is 22.0. The lowest BCUT2D eigenvalue weighted by atomic mass is 9.83. The number of carbonyl (C=O) groups excluding carboxylic acids is 2. The van der Waals surface area contributed by atoms with Crippen molar-refractivity contribution in [3.8, 4) is 12.3 Å². The highest BCUT2D eigenvalue weighted by Gasteiger charge is 2.43. The molecule has 194 valence electrons. The highest BCUT2D eigenvalue weighted by molar-refractivity contribution is 6.05. The van der Waals surface area contributed by atoms with Crippen LogP contribution in [0.2, 0.25) is 0 Å². The first-order valence-electron chi connectivity index (χ1n) is 13.0. The van der Waals surface area contributed by atoms with E-state index in [-0.39, 0.29) is 23.5 Å². The lowest BCUT2D eigenvalue weighted by molar-refractivity contribution is -0.0741. The third-order valence-corrected chi connectivity index (χ3v) is 7.32. The Hall–Kier alpha value is -4.15. The van der Waals surface area contributed by atoms with Gasteiger partial charge in [-0.2, -0.15) is 0 Å². The fraction of sp³-hybridized carbons (Fsp3) is 0.323. The molecule has 0 unspecified atom stereocenters. The summed E-state index contributed by atoms with van der Waals surface area (Å²) in [5.74, 6) is 3.08. The van der Waals surface area contributed by atoms with Gasteiger partial charge in [-0.15, -0.1) is 6.42 Å². The van der Waals surface area contributed by atoms with Gasteiger partial charge in [-0.1, -0.05) is 18.1 Å².